The van der Waals surface area contributed by atoms with Gasteiger partial charge >= 0.3 is 5.97 Å². The third-order valence-electron chi connectivity index (χ3n) is 4.10. The molecular formula is C17H21N3O5. The smallest absolute Gasteiger partial charge is 0.325 e. The topological polar surface area (TPSA) is 116 Å². The Hall–Kier alpha value is -2.90. The number of nitrogens with one attached hydrogen (secondary N) is 2. The van der Waals surface area contributed by atoms with Gasteiger partial charge in [-0.3, -0.25) is 19.2 Å². The number of carboxylic acids is 1. The molecule has 0 radical (unpaired) electrons. The van der Waals surface area contributed by atoms with Gasteiger partial charge in [-0.15, -0.1) is 0 Å². The average Bonchev–Trinajstić information content (AvgIpc) is 2.96. The number of benzene rings is 1. The summed E-state index contributed by atoms with van der Waals surface area (Å²) in [7, 11) is 0. The molecule has 1 heterocycles. The van der Waals surface area contributed by atoms with E-state index in [1.165, 1.54) is 19.1 Å². The normalized spacial score (nSPS) is 17.9. The van der Waals surface area contributed by atoms with Gasteiger partial charge in [0.25, 0.3) is 5.91 Å². The third kappa shape index (κ3) is 4.56. The molecule has 134 valence electrons. The Morgan fingerprint density at radius 2 is 1.92 bits per heavy atom. The van der Waals surface area contributed by atoms with Gasteiger partial charge in [0, 0.05) is 30.8 Å². The lowest BCUT2D eigenvalue weighted by atomic mass is 10.1. The van der Waals surface area contributed by atoms with Gasteiger partial charge in [-0.05, 0) is 38.1 Å². The Morgan fingerprint density at radius 3 is 2.44 bits per heavy atom. The summed E-state index contributed by atoms with van der Waals surface area (Å²) < 4.78 is 0. The first-order chi connectivity index (χ1) is 11.8. The number of hydrogen-bond acceptors (Lipinski definition) is 4. The van der Waals surface area contributed by atoms with Crippen LogP contribution >= 0.6 is 0 Å². The molecule has 2 rings (SSSR count). The highest BCUT2D eigenvalue weighted by molar-refractivity contribution is 5.99. The van der Waals surface area contributed by atoms with Crippen LogP contribution < -0.4 is 10.6 Å². The molecule has 25 heavy (non-hydrogen) atoms. The van der Waals surface area contributed by atoms with E-state index in [1.54, 1.807) is 17.0 Å². The van der Waals surface area contributed by atoms with E-state index in [4.69, 9.17) is 5.11 Å². The van der Waals surface area contributed by atoms with Crippen molar-refractivity contribution in [3.8, 4) is 0 Å². The molecule has 0 bridgehead atoms. The molecule has 0 aliphatic carbocycles. The van der Waals surface area contributed by atoms with Gasteiger partial charge in [-0.2, -0.15) is 0 Å². The van der Waals surface area contributed by atoms with Crippen LogP contribution in [0, 0.1) is 5.92 Å². The summed E-state index contributed by atoms with van der Waals surface area (Å²) in [6.07, 6.45) is 0.202. The number of amides is 3. The predicted octanol–water partition coefficient (Wildman–Crippen LogP) is 0.696. The van der Waals surface area contributed by atoms with Gasteiger partial charge in [-0.1, -0.05) is 0 Å². The Morgan fingerprint density at radius 1 is 1.28 bits per heavy atom. The molecule has 2 atom stereocenters. The number of carbonyl (C=O) groups is 4. The van der Waals surface area contributed by atoms with Crippen molar-refractivity contribution in [3.63, 3.8) is 0 Å². The third-order valence-corrected chi connectivity index (χ3v) is 4.10. The summed E-state index contributed by atoms with van der Waals surface area (Å²) in [5.41, 5.74) is 0.800. The van der Waals surface area contributed by atoms with Crippen LogP contribution in [-0.4, -0.2) is 52.8 Å². The van der Waals surface area contributed by atoms with Crippen LogP contribution in [-0.2, 0) is 14.4 Å². The molecule has 1 aliphatic rings. The van der Waals surface area contributed by atoms with Crippen molar-refractivity contribution in [2.45, 2.75) is 26.3 Å². The summed E-state index contributed by atoms with van der Waals surface area (Å²) >= 11 is 0. The van der Waals surface area contributed by atoms with E-state index in [2.05, 4.69) is 10.6 Å². The summed E-state index contributed by atoms with van der Waals surface area (Å²) in [6, 6.07) is 5.13. The first kappa shape index (κ1) is 18.4. The molecule has 0 saturated carbocycles. The van der Waals surface area contributed by atoms with Gasteiger partial charge < -0.3 is 20.6 Å². The van der Waals surface area contributed by atoms with Gasteiger partial charge in [0.05, 0.1) is 5.92 Å². The van der Waals surface area contributed by atoms with Crippen molar-refractivity contribution in [1.82, 2.24) is 10.2 Å². The highest BCUT2D eigenvalue weighted by Crippen LogP contribution is 2.20. The fourth-order valence-corrected chi connectivity index (χ4v) is 2.54. The Balaban J connectivity index is 1.94. The first-order valence-corrected chi connectivity index (χ1v) is 8.04. The van der Waals surface area contributed by atoms with E-state index in [-0.39, 0.29) is 24.2 Å². The molecule has 8 heteroatoms. The highest BCUT2D eigenvalue weighted by atomic mass is 16.4. The minimum Gasteiger partial charge on any atom is -0.480 e. The molecule has 0 spiro atoms. The van der Waals surface area contributed by atoms with Crippen molar-refractivity contribution in [1.29, 1.82) is 0 Å². The number of carboxylic acid groups (broad SMARTS) is 1. The highest BCUT2D eigenvalue weighted by Gasteiger charge is 2.33. The van der Waals surface area contributed by atoms with Crippen molar-refractivity contribution in [2.75, 3.05) is 18.4 Å². The van der Waals surface area contributed by atoms with E-state index < -0.39 is 17.9 Å². The lowest BCUT2D eigenvalue weighted by Gasteiger charge is -2.14. The Bertz CT molecular complexity index is 686. The maximum atomic E-state index is 12.2. The van der Waals surface area contributed by atoms with Crippen molar-refractivity contribution in [2.24, 2.45) is 5.92 Å². The minimum atomic E-state index is -1.12. The zero-order chi connectivity index (χ0) is 18.6. The first-order valence-electron chi connectivity index (χ1n) is 8.04. The number of carbonyl (C=O) groups excluding carboxylic acids is 3. The second-order valence-electron chi connectivity index (χ2n) is 5.93. The van der Waals surface area contributed by atoms with Gasteiger partial charge in [0.15, 0.2) is 0 Å². The quantitative estimate of drug-likeness (QED) is 0.700. The molecule has 2 unspecified atom stereocenters. The van der Waals surface area contributed by atoms with Crippen LogP contribution in [0.25, 0.3) is 0 Å². The Labute approximate surface area is 145 Å². The maximum Gasteiger partial charge on any atom is 0.325 e. The van der Waals surface area contributed by atoms with Crippen LogP contribution in [0.5, 0.6) is 0 Å². The van der Waals surface area contributed by atoms with E-state index in [1.807, 2.05) is 6.92 Å². The zero-order valence-electron chi connectivity index (χ0n) is 14.1. The summed E-state index contributed by atoms with van der Waals surface area (Å²) in [4.78, 5) is 48.2. The molecule has 1 aromatic rings. The van der Waals surface area contributed by atoms with E-state index >= 15 is 0 Å². The largest absolute Gasteiger partial charge is 0.480 e. The summed E-state index contributed by atoms with van der Waals surface area (Å²) in [5.74, 6) is -2.27. The van der Waals surface area contributed by atoms with Crippen molar-refractivity contribution >= 4 is 29.4 Å². The fraction of sp³-hybridized carbons (Fsp3) is 0.412. The fourth-order valence-electron chi connectivity index (χ4n) is 2.54. The number of nitrogens with zero attached hydrogens (tertiary/aromatic N) is 1. The van der Waals surface area contributed by atoms with Crippen molar-refractivity contribution < 1.29 is 24.3 Å². The SMILES string of the molecule is CCN1CC(C(=O)Nc2ccc(C(=O)NC(C)C(=O)O)cc2)CC1=O. The van der Waals surface area contributed by atoms with E-state index in [0.717, 1.165) is 0 Å². The monoisotopic (exact) mass is 347 g/mol. The van der Waals surface area contributed by atoms with Gasteiger partial charge in [0.1, 0.15) is 6.04 Å². The number of rotatable bonds is 6. The molecule has 1 aliphatic heterocycles. The summed E-state index contributed by atoms with van der Waals surface area (Å²) in [5, 5.41) is 13.9. The average molecular weight is 347 g/mol. The Kier molecular flexibility index (Phi) is 5.74. The van der Waals surface area contributed by atoms with Gasteiger partial charge in [-0.25, -0.2) is 0 Å². The van der Waals surface area contributed by atoms with Crippen LogP contribution in [0.15, 0.2) is 24.3 Å². The number of anilines is 1. The maximum absolute atomic E-state index is 12.2. The molecule has 3 N–H and O–H groups in total. The standard InChI is InChI=1S/C17H21N3O5/c1-3-20-9-12(8-14(20)21)16(23)19-13-6-4-11(5-7-13)15(22)18-10(2)17(24)25/h4-7,10,12H,3,8-9H2,1-2H3,(H,18,22)(H,19,23)(H,24,25). The van der Waals surface area contributed by atoms with Crippen LogP contribution in [0.3, 0.4) is 0 Å². The molecular weight excluding hydrogens is 326 g/mol. The lowest BCUT2D eigenvalue weighted by Crippen LogP contribution is -2.38. The number of aliphatic carboxylic acids is 1. The molecule has 1 aromatic carbocycles. The van der Waals surface area contributed by atoms with E-state index in [0.29, 0.717) is 24.3 Å². The van der Waals surface area contributed by atoms with Gasteiger partial charge in [0.2, 0.25) is 11.8 Å². The molecule has 1 fully saturated rings. The number of hydrogen-bond donors (Lipinski definition) is 3. The predicted molar refractivity (Wildman–Crippen MR) is 90.0 cm³/mol. The summed E-state index contributed by atoms with van der Waals surface area (Å²) in [6.45, 7) is 4.24. The zero-order valence-corrected chi connectivity index (χ0v) is 14.1. The number of likely N-dealkylation sites (tertiary alicyclic amines) is 1. The lowest BCUT2D eigenvalue weighted by molar-refractivity contribution is -0.138. The van der Waals surface area contributed by atoms with Crippen LogP contribution in [0.2, 0.25) is 0 Å². The molecule has 8 nitrogen and oxygen atoms in total. The minimum absolute atomic E-state index is 0.0257. The van der Waals surface area contributed by atoms with Crippen molar-refractivity contribution in [3.05, 3.63) is 29.8 Å². The second kappa shape index (κ2) is 7.78. The molecule has 1 saturated heterocycles. The molecule has 3 amide bonds. The molecule has 0 aromatic heterocycles. The second-order valence-corrected chi connectivity index (χ2v) is 5.93. The van der Waals surface area contributed by atoms with Crippen LogP contribution in [0.1, 0.15) is 30.6 Å². The van der Waals surface area contributed by atoms with E-state index in [9.17, 15) is 19.2 Å². The van der Waals surface area contributed by atoms with Crippen LogP contribution in [0.4, 0.5) is 5.69 Å².